The Kier molecular flexibility index (Phi) is 6.10. The van der Waals surface area contributed by atoms with Gasteiger partial charge in [0.1, 0.15) is 24.4 Å². The number of hydrogen-bond acceptors (Lipinski definition) is 6. The smallest absolute Gasteiger partial charge is 0.186 e. The predicted octanol–water partition coefficient (Wildman–Crippen LogP) is 0.0473. The van der Waals surface area contributed by atoms with Crippen molar-refractivity contribution in [3.05, 3.63) is 35.9 Å². The van der Waals surface area contributed by atoms with Gasteiger partial charge in [-0.3, -0.25) is 0 Å². The van der Waals surface area contributed by atoms with Gasteiger partial charge in [0, 0.05) is 6.61 Å². The van der Waals surface area contributed by atoms with E-state index < -0.39 is 30.7 Å². The lowest BCUT2D eigenvalue weighted by atomic mass is 9.99. The fraction of sp³-hybridized carbons (Fsp3) is 0.600. The molecule has 1 saturated heterocycles. The second kappa shape index (κ2) is 7.84. The van der Waals surface area contributed by atoms with Crippen molar-refractivity contribution in [1.82, 2.24) is 0 Å². The van der Waals surface area contributed by atoms with Gasteiger partial charge in [-0.2, -0.15) is 0 Å². The Labute approximate surface area is 123 Å². The number of rotatable bonds is 6. The topological polar surface area (TPSA) is 88.4 Å². The molecule has 21 heavy (non-hydrogen) atoms. The van der Waals surface area contributed by atoms with Crippen molar-refractivity contribution in [3.8, 4) is 0 Å². The third-order valence-corrected chi connectivity index (χ3v) is 3.44. The van der Waals surface area contributed by atoms with Gasteiger partial charge in [0.2, 0.25) is 0 Å². The van der Waals surface area contributed by atoms with Gasteiger partial charge in [0.15, 0.2) is 6.29 Å². The molecule has 1 aromatic rings. The molecule has 1 aliphatic heterocycles. The molecule has 6 nitrogen and oxygen atoms in total. The minimum absolute atomic E-state index is 0.258. The Morgan fingerprint density at radius 1 is 1.10 bits per heavy atom. The first-order chi connectivity index (χ1) is 10.2. The minimum Gasteiger partial charge on any atom is -0.394 e. The van der Waals surface area contributed by atoms with Gasteiger partial charge in [0.25, 0.3) is 0 Å². The van der Waals surface area contributed by atoms with Crippen molar-refractivity contribution in [2.24, 2.45) is 0 Å². The molecule has 0 radical (unpaired) electrons. The fourth-order valence-corrected chi connectivity index (χ4v) is 2.33. The molecule has 1 heterocycles. The minimum atomic E-state index is -1.21. The molecule has 2 rings (SSSR count). The molecule has 0 saturated carbocycles. The SMILES string of the molecule is CCO[C@@H]1O[C@H](CO)[C@@H](OCc2ccccc2)[C@H](O)[C@H]1O. The predicted molar refractivity (Wildman–Crippen MR) is 74.4 cm³/mol. The van der Waals surface area contributed by atoms with E-state index in [4.69, 9.17) is 14.2 Å². The third kappa shape index (κ3) is 4.00. The van der Waals surface area contributed by atoms with Gasteiger partial charge < -0.3 is 29.5 Å². The monoisotopic (exact) mass is 298 g/mol. The Hall–Kier alpha value is -1.02. The maximum Gasteiger partial charge on any atom is 0.186 e. The van der Waals surface area contributed by atoms with Crippen LogP contribution >= 0.6 is 0 Å². The lowest BCUT2D eigenvalue weighted by molar-refractivity contribution is -0.308. The molecule has 0 spiro atoms. The van der Waals surface area contributed by atoms with Crippen molar-refractivity contribution >= 4 is 0 Å². The molecule has 0 aliphatic carbocycles. The van der Waals surface area contributed by atoms with Crippen LogP contribution in [-0.2, 0) is 20.8 Å². The molecule has 0 aromatic heterocycles. The van der Waals surface area contributed by atoms with E-state index in [1.165, 1.54) is 0 Å². The second-order valence-electron chi connectivity index (χ2n) is 4.92. The number of benzene rings is 1. The zero-order valence-electron chi connectivity index (χ0n) is 12.0. The van der Waals surface area contributed by atoms with Crippen molar-refractivity contribution in [2.75, 3.05) is 13.2 Å². The van der Waals surface area contributed by atoms with Gasteiger partial charge in [-0.15, -0.1) is 0 Å². The van der Waals surface area contributed by atoms with E-state index in [1.807, 2.05) is 30.3 Å². The summed E-state index contributed by atoms with van der Waals surface area (Å²) in [7, 11) is 0. The second-order valence-corrected chi connectivity index (χ2v) is 4.92. The summed E-state index contributed by atoms with van der Waals surface area (Å²) in [5.74, 6) is 0. The standard InChI is InChI=1S/C15H22O6/c1-2-19-15-13(18)12(17)14(11(8-16)21-15)20-9-10-6-4-3-5-7-10/h3-7,11-18H,2,8-9H2,1H3/t11-,12-,13-,14-,15-/m1/s1. The molecule has 118 valence electrons. The third-order valence-electron chi connectivity index (χ3n) is 3.44. The molecule has 6 heteroatoms. The number of ether oxygens (including phenoxy) is 3. The average molecular weight is 298 g/mol. The van der Waals surface area contributed by atoms with E-state index in [1.54, 1.807) is 6.92 Å². The first-order valence-corrected chi connectivity index (χ1v) is 7.07. The summed E-state index contributed by atoms with van der Waals surface area (Å²) in [4.78, 5) is 0. The van der Waals surface area contributed by atoms with E-state index in [2.05, 4.69) is 0 Å². The van der Waals surface area contributed by atoms with Crippen LogP contribution in [0.4, 0.5) is 0 Å². The molecule has 1 aliphatic rings. The molecule has 0 bridgehead atoms. The van der Waals surface area contributed by atoms with E-state index in [0.29, 0.717) is 6.61 Å². The summed E-state index contributed by atoms with van der Waals surface area (Å²) in [5, 5.41) is 29.6. The van der Waals surface area contributed by atoms with Crippen LogP contribution in [0, 0.1) is 0 Å². The Bertz CT molecular complexity index is 410. The van der Waals surface area contributed by atoms with Crippen molar-refractivity contribution in [3.63, 3.8) is 0 Å². The van der Waals surface area contributed by atoms with Crippen LogP contribution in [-0.4, -0.2) is 59.2 Å². The van der Waals surface area contributed by atoms with Crippen molar-refractivity contribution in [2.45, 2.75) is 44.2 Å². The molecular weight excluding hydrogens is 276 g/mol. The highest BCUT2D eigenvalue weighted by Gasteiger charge is 2.45. The van der Waals surface area contributed by atoms with Gasteiger partial charge >= 0.3 is 0 Å². The normalized spacial score (nSPS) is 33.0. The van der Waals surface area contributed by atoms with E-state index in [9.17, 15) is 15.3 Å². The zero-order chi connectivity index (χ0) is 15.2. The molecule has 5 atom stereocenters. The maximum absolute atomic E-state index is 10.2. The van der Waals surface area contributed by atoms with Gasteiger partial charge in [-0.05, 0) is 12.5 Å². The molecular formula is C15H22O6. The number of aliphatic hydroxyl groups excluding tert-OH is 3. The first-order valence-electron chi connectivity index (χ1n) is 7.07. The molecule has 1 aromatic carbocycles. The highest BCUT2D eigenvalue weighted by molar-refractivity contribution is 5.13. The lowest BCUT2D eigenvalue weighted by Gasteiger charge is -2.41. The van der Waals surface area contributed by atoms with Crippen LogP contribution in [0.5, 0.6) is 0 Å². The Morgan fingerprint density at radius 2 is 1.81 bits per heavy atom. The summed E-state index contributed by atoms with van der Waals surface area (Å²) >= 11 is 0. The van der Waals surface area contributed by atoms with Crippen LogP contribution in [0.25, 0.3) is 0 Å². The average Bonchev–Trinajstić information content (AvgIpc) is 2.52. The largest absolute Gasteiger partial charge is 0.394 e. The zero-order valence-corrected chi connectivity index (χ0v) is 12.0. The molecule has 3 N–H and O–H groups in total. The van der Waals surface area contributed by atoms with Crippen LogP contribution in [0.2, 0.25) is 0 Å². The summed E-state index contributed by atoms with van der Waals surface area (Å²) in [6.45, 7) is 2.03. The highest BCUT2D eigenvalue weighted by Crippen LogP contribution is 2.25. The number of hydrogen-bond donors (Lipinski definition) is 3. The molecule has 0 unspecified atom stereocenters. The summed E-state index contributed by atoms with van der Waals surface area (Å²) < 4.78 is 16.3. The summed E-state index contributed by atoms with van der Waals surface area (Å²) in [5.41, 5.74) is 0.933. The van der Waals surface area contributed by atoms with Crippen LogP contribution in [0.3, 0.4) is 0 Å². The van der Waals surface area contributed by atoms with Crippen molar-refractivity contribution in [1.29, 1.82) is 0 Å². The Balaban J connectivity index is 2.00. The fourth-order valence-electron chi connectivity index (χ4n) is 2.33. The highest BCUT2D eigenvalue weighted by atomic mass is 16.7. The van der Waals surface area contributed by atoms with Crippen LogP contribution < -0.4 is 0 Å². The lowest BCUT2D eigenvalue weighted by Crippen LogP contribution is -2.60. The molecule has 1 fully saturated rings. The van der Waals surface area contributed by atoms with E-state index >= 15 is 0 Å². The summed E-state index contributed by atoms with van der Waals surface area (Å²) in [6.07, 6.45) is -4.92. The van der Waals surface area contributed by atoms with Crippen LogP contribution in [0.1, 0.15) is 12.5 Å². The first kappa shape index (κ1) is 16.4. The molecule has 0 amide bonds. The van der Waals surface area contributed by atoms with Crippen molar-refractivity contribution < 1.29 is 29.5 Å². The van der Waals surface area contributed by atoms with Gasteiger partial charge in [-0.1, -0.05) is 30.3 Å². The van der Waals surface area contributed by atoms with E-state index in [-0.39, 0.29) is 13.2 Å². The Morgan fingerprint density at radius 3 is 2.43 bits per heavy atom. The number of aliphatic hydroxyl groups is 3. The van der Waals surface area contributed by atoms with Gasteiger partial charge in [0.05, 0.1) is 13.2 Å². The van der Waals surface area contributed by atoms with Gasteiger partial charge in [-0.25, -0.2) is 0 Å². The maximum atomic E-state index is 10.2. The quantitative estimate of drug-likeness (QED) is 0.687. The van der Waals surface area contributed by atoms with Crippen LogP contribution in [0.15, 0.2) is 30.3 Å². The van der Waals surface area contributed by atoms with E-state index in [0.717, 1.165) is 5.56 Å². The summed E-state index contributed by atoms with van der Waals surface area (Å²) in [6, 6.07) is 9.45.